The molecule has 0 fully saturated rings. The molecule has 0 radical (unpaired) electrons. The summed E-state index contributed by atoms with van der Waals surface area (Å²) in [6.45, 7) is 0. The fourth-order valence-electron chi connectivity index (χ4n) is 10.2. The van der Waals surface area contributed by atoms with Gasteiger partial charge in [0.15, 0.2) is 0 Å². The SMILES string of the molecule is c1ccc(-c2ccc(N(c3ccc(-c4ccc(-c5cccc(-n6c7ccccc7c7ccccc76)c5)cc4)cc3)c3ccc(-c4ccc(-c5cccc6oc7ccccc7c56)cc4)cc3)cc2)cc1. The van der Waals surface area contributed by atoms with Crippen molar-refractivity contribution in [3.05, 3.63) is 267 Å². The lowest BCUT2D eigenvalue weighted by molar-refractivity contribution is 0.669. The first-order valence-electron chi connectivity index (χ1n) is 23.6. The molecule has 13 aromatic rings. The molecule has 0 amide bonds. The van der Waals surface area contributed by atoms with E-state index >= 15 is 0 Å². The molecule has 0 saturated carbocycles. The molecular formula is C66H44N2O. The molecule has 2 heterocycles. The molecule has 0 unspecified atom stereocenters. The highest BCUT2D eigenvalue weighted by molar-refractivity contribution is 6.12. The second-order valence-corrected chi connectivity index (χ2v) is 17.7. The normalized spacial score (nSPS) is 11.5. The minimum Gasteiger partial charge on any atom is -0.456 e. The molecule has 324 valence electrons. The Morgan fingerprint density at radius 1 is 0.275 bits per heavy atom. The maximum atomic E-state index is 6.20. The van der Waals surface area contributed by atoms with Gasteiger partial charge in [0, 0.05) is 44.3 Å². The van der Waals surface area contributed by atoms with Crippen molar-refractivity contribution in [1.29, 1.82) is 0 Å². The van der Waals surface area contributed by atoms with E-state index in [2.05, 4.69) is 264 Å². The Labute approximate surface area is 401 Å². The van der Waals surface area contributed by atoms with Crippen molar-refractivity contribution in [3.63, 3.8) is 0 Å². The number of rotatable bonds is 9. The van der Waals surface area contributed by atoms with E-state index in [1.54, 1.807) is 0 Å². The summed E-state index contributed by atoms with van der Waals surface area (Å²) in [5, 5.41) is 4.83. The van der Waals surface area contributed by atoms with Gasteiger partial charge in [-0.25, -0.2) is 0 Å². The number of hydrogen-bond donors (Lipinski definition) is 0. The molecule has 0 saturated heterocycles. The summed E-state index contributed by atoms with van der Waals surface area (Å²) in [5.41, 5.74) is 20.4. The van der Waals surface area contributed by atoms with Crippen LogP contribution in [0.1, 0.15) is 0 Å². The van der Waals surface area contributed by atoms with Gasteiger partial charge in [-0.1, -0.05) is 194 Å². The molecular weight excluding hydrogens is 837 g/mol. The molecule has 3 nitrogen and oxygen atoms in total. The van der Waals surface area contributed by atoms with Crippen molar-refractivity contribution in [2.45, 2.75) is 0 Å². The van der Waals surface area contributed by atoms with Crippen molar-refractivity contribution in [2.24, 2.45) is 0 Å². The van der Waals surface area contributed by atoms with Gasteiger partial charge in [-0.15, -0.1) is 0 Å². The fourth-order valence-corrected chi connectivity index (χ4v) is 10.2. The zero-order chi connectivity index (χ0) is 45.7. The summed E-state index contributed by atoms with van der Waals surface area (Å²) >= 11 is 0. The van der Waals surface area contributed by atoms with Gasteiger partial charge in [0.1, 0.15) is 11.2 Å². The van der Waals surface area contributed by atoms with Crippen LogP contribution in [0.15, 0.2) is 271 Å². The average Bonchev–Trinajstić information content (AvgIpc) is 3.98. The van der Waals surface area contributed by atoms with Gasteiger partial charge in [0.25, 0.3) is 0 Å². The van der Waals surface area contributed by atoms with Crippen LogP contribution in [0.5, 0.6) is 0 Å². The molecule has 2 aromatic heterocycles. The van der Waals surface area contributed by atoms with Crippen LogP contribution in [0.2, 0.25) is 0 Å². The third-order valence-corrected chi connectivity index (χ3v) is 13.7. The van der Waals surface area contributed by atoms with Crippen LogP contribution < -0.4 is 4.90 Å². The molecule has 13 rings (SSSR count). The largest absolute Gasteiger partial charge is 0.456 e. The number of aromatic nitrogens is 1. The maximum absolute atomic E-state index is 6.20. The van der Waals surface area contributed by atoms with Gasteiger partial charge in [0.05, 0.1) is 11.0 Å². The standard InChI is InChI=1S/C66H44N2O/c1-2-12-45(13-3-1)48-32-38-54(39-33-48)67(56-42-36-50(37-43-56)47-28-30-52(31-29-47)58-19-11-23-65-66(58)61-18-6-9-22-64(61)69-65)55-40-34-49(35-41-55)46-24-26-51(27-25-46)53-14-10-15-57(44-53)68-62-20-7-4-16-59(62)60-17-5-8-21-63(60)68/h1-44H. The Morgan fingerprint density at radius 2 is 0.667 bits per heavy atom. The number of furan rings is 1. The predicted octanol–water partition coefficient (Wildman–Crippen LogP) is 18.5. The Morgan fingerprint density at radius 3 is 1.22 bits per heavy atom. The van der Waals surface area contributed by atoms with Crippen molar-refractivity contribution in [2.75, 3.05) is 4.90 Å². The van der Waals surface area contributed by atoms with Crippen molar-refractivity contribution in [1.82, 2.24) is 4.57 Å². The third kappa shape index (κ3) is 7.25. The lowest BCUT2D eigenvalue weighted by atomic mass is 9.97. The molecule has 0 aliphatic carbocycles. The topological polar surface area (TPSA) is 21.3 Å². The summed E-state index contributed by atoms with van der Waals surface area (Å²) in [7, 11) is 0. The summed E-state index contributed by atoms with van der Waals surface area (Å²) in [4.78, 5) is 2.34. The van der Waals surface area contributed by atoms with Crippen molar-refractivity contribution >= 4 is 60.8 Å². The highest BCUT2D eigenvalue weighted by Crippen LogP contribution is 2.40. The summed E-state index contributed by atoms with van der Waals surface area (Å²) < 4.78 is 8.58. The molecule has 69 heavy (non-hydrogen) atoms. The Balaban J connectivity index is 0.793. The minimum atomic E-state index is 0.908. The smallest absolute Gasteiger partial charge is 0.136 e. The highest BCUT2D eigenvalue weighted by atomic mass is 16.3. The molecule has 0 atom stereocenters. The van der Waals surface area contributed by atoms with Crippen molar-refractivity contribution < 1.29 is 4.42 Å². The average molecular weight is 881 g/mol. The van der Waals surface area contributed by atoms with Gasteiger partial charge >= 0.3 is 0 Å². The molecule has 3 heteroatoms. The highest BCUT2D eigenvalue weighted by Gasteiger charge is 2.17. The van der Waals surface area contributed by atoms with Crippen LogP contribution >= 0.6 is 0 Å². The van der Waals surface area contributed by atoms with E-state index in [0.29, 0.717) is 0 Å². The van der Waals surface area contributed by atoms with E-state index in [-0.39, 0.29) is 0 Å². The minimum absolute atomic E-state index is 0.908. The van der Waals surface area contributed by atoms with Gasteiger partial charge in [-0.3, -0.25) is 0 Å². The van der Waals surface area contributed by atoms with Crippen LogP contribution in [-0.2, 0) is 0 Å². The Bertz CT molecular complexity index is 3910. The van der Waals surface area contributed by atoms with E-state index < -0.39 is 0 Å². The molecule has 0 N–H and O–H groups in total. The van der Waals surface area contributed by atoms with Crippen molar-refractivity contribution in [3.8, 4) is 61.3 Å². The van der Waals surface area contributed by atoms with Gasteiger partial charge in [-0.2, -0.15) is 0 Å². The molecule has 0 aliphatic rings. The van der Waals surface area contributed by atoms with Gasteiger partial charge in [-0.05, 0) is 128 Å². The van der Waals surface area contributed by atoms with E-state index in [1.807, 2.05) is 12.1 Å². The zero-order valence-electron chi connectivity index (χ0n) is 37.7. The number of fused-ring (bicyclic) bond motifs is 6. The van der Waals surface area contributed by atoms with Crippen LogP contribution in [0.25, 0.3) is 105 Å². The van der Waals surface area contributed by atoms with Gasteiger partial charge < -0.3 is 13.9 Å². The quantitative estimate of drug-likeness (QED) is 0.144. The lowest BCUT2D eigenvalue weighted by Crippen LogP contribution is -2.09. The zero-order valence-corrected chi connectivity index (χ0v) is 37.7. The van der Waals surface area contributed by atoms with E-state index in [0.717, 1.165) is 50.3 Å². The third-order valence-electron chi connectivity index (χ3n) is 13.7. The maximum Gasteiger partial charge on any atom is 0.136 e. The first-order chi connectivity index (χ1) is 34.2. The number of hydrogen-bond acceptors (Lipinski definition) is 2. The summed E-state index contributed by atoms with van der Waals surface area (Å²) in [5.74, 6) is 0. The number of para-hydroxylation sites is 3. The second-order valence-electron chi connectivity index (χ2n) is 17.7. The molecule has 11 aromatic carbocycles. The first-order valence-corrected chi connectivity index (χ1v) is 23.6. The van der Waals surface area contributed by atoms with E-state index in [9.17, 15) is 0 Å². The molecule has 0 spiro atoms. The second kappa shape index (κ2) is 16.9. The first kappa shape index (κ1) is 40.1. The number of anilines is 3. The molecule has 0 bridgehead atoms. The fraction of sp³-hybridized carbons (Fsp3) is 0. The van der Waals surface area contributed by atoms with Gasteiger partial charge in [0.2, 0.25) is 0 Å². The van der Waals surface area contributed by atoms with Crippen LogP contribution in [0.3, 0.4) is 0 Å². The monoisotopic (exact) mass is 880 g/mol. The Hall–Kier alpha value is -9.18. The summed E-state index contributed by atoms with van der Waals surface area (Å²) in [6, 6.07) is 96.0. The van der Waals surface area contributed by atoms with E-state index in [4.69, 9.17) is 4.42 Å². The lowest BCUT2D eigenvalue weighted by Gasteiger charge is -2.26. The van der Waals surface area contributed by atoms with E-state index in [1.165, 1.54) is 71.9 Å². The number of benzene rings is 11. The molecule has 0 aliphatic heterocycles. The van der Waals surface area contributed by atoms with Crippen LogP contribution in [0.4, 0.5) is 17.1 Å². The number of nitrogens with zero attached hydrogens (tertiary/aromatic N) is 2. The Kier molecular flexibility index (Phi) is 9.84. The van der Waals surface area contributed by atoms with Crippen LogP contribution in [-0.4, -0.2) is 4.57 Å². The summed E-state index contributed by atoms with van der Waals surface area (Å²) in [6.07, 6.45) is 0. The van der Waals surface area contributed by atoms with Crippen LogP contribution in [0, 0.1) is 0 Å². The predicted molar refractivity (Wildman–Crippen MR) is 290 cm³/mol.